The van der Waals surface area contributed by atoms with Crippen LogP contribution >= 0.6 is 0 Å². The maximum Gasteiger partial charge on any atom is 0.165 e. The fourth-order valence-electron chi connectivity index (χ4n) is 3.96. The molecule has 1 aliphatic carbocycles. The normalized spacial score (nSPS) is 13.5. The molecule has 3 N–H and O–H groups in total. The number of hydrogen-bond acceptors (Lipinski definition) is 4. The van der Waals surface area contributed by atoms with Crippen molar-refractivity contribution in [2.75, 3.05) is 11.1 Å². The summed E-state index contributed by atoms with van der Waals surface area (Å²) >= 11 is 0. The Kier molecular flexibility index (Phi) is 4.31. The van der Waals surface area contributed by atoms with Crippen LogP contribution in [0.5, 0.6) is 0 Å². The van der Waals surface area contributed by atoms with Crippen LogP contribution in [-0.2, 0) is 12.8 Å². The van der Waals surface area contributed by atoms with Gasteiger partial charge in [-0.15, -0.1) is 0 Å². The Labute approximate surface area is 154 Å². The van der Waals surface area contributed by atoms with Crippen LogP contribution in [0.2, 0.25) is 0 Å². The SMILES string of the molecule is CCC(CC)Nc1c2c(nc3c(-c4ccc(N)cc4)c(C)nn13)CCC2. The van der Waals surface area contributed by atoms with Gasteiger partial charge in [-0.25, -0.2) is 4.98 Å². The molecule has 0 saturated carbocycles. The number of nitrogens with one attached hydrogen (secondary N) is 1. The Balaban J connectivity index is 1.94. The highest BCUT2D eigenvalue weighted by atomic mass is 15.3. The van der Waals surface area contributed by atoms with Gasteiger partial charge < -0.3 is 11.1 Å². The standard InChI is InChI=1S/C21H27N5/c1-4-16(5-2)23-20-17-7-6-8-18(17)24-21-19(13(3)25-26(20)21)14-9-11-15(22)12-10-14/h9-12,16,23H,4-8,22H2,1-3H3. The molecule has 0 fully saturated rings. The molecule has 0 bridgehead atoms. The predicted octanol–water partition coefficient (Wildman–Crippen LogP) is 4.38. The van der Waals surface area contributed by atoms with Gasteiger partial charge in [0.2, 0.25) is 0 Å². The third-order valence-electron chi connectivity index (χ3n) is 5.49. The number of fused-ring (bicyclic) bond motifs is 2. The Hall–Kier alpha value is -2.56. The summed E-state index contributed by atoms with van der Waals surface area (Å²) in [5.74, 6) is 1.14. The third-order valence-corrected chi connectivity index (χ3v) is 5.49. The first-order valence-corrected chi connectivity index (χ1v) is 9.65. The number of aromatic nitrogens is 3. The van der Waals surface area contributed by atoms with Crippen LogP contribution in [0.1, 0.15) is 50.1 Å². The molecule has 3 aromatic rings. The van der Waals surface area contributed by atoms with Crippen molar-refractivity contribution in [3.63, 3.8) is 0 Å². The van der Waals surface area contributed by atoms with E-state index in [0.29, 0.717) is 6.04 Å². The first-order valence-electron chi connectivity index (χ1n) is 9.65. The van der Waals surface area contributed by atoms with Crippen LogP contribution < -0.4 is 11.1 Å². The molecule has 0 unspecified atom stereocenters. The average molecular weight is 349 g/mol. The molecule has 0 amide bonds. The lowest BCUT2D eigenvalue weighted by Gasteiger charge is -2.19. The van der Waals surface area contributed by atoms with Crippen LogP contribution in [0.25, 0.3) is 16.8 Å². The predicted molar refractivity (Wildman–Crippen MR) is 108 cm³/mol. The van der Waals surface area contributed by atoms with Gasteiger partial charge in [0.15, 0.2) is 5.65 Å². The van der Waals surface area contributed by atoms with E-state index in [-0.39, 0.29) is 0 Å². The van der Waals surface area contributed by atoms with E-state index in [2.05, 4.69) is 38.2 Å². The molecule has 0 aliphatic heterocycles. The molecule has 0 radical (unpaired) electrons. The van der Waals surface area contributed by atoms with E-state index in [1.807, 2.05) is 16.6 Å². The number of nitrogens with zero attached hydrogens (tertiary/aromatic N) is 3. The lowest BCUT2D eigenvalue weighted by atomic mass is 10.1. The molecule has 4 rings (SSSR count). The summed E-state index contributed by atoms with van der Waals surface area (Å²) < 4.78 is 2.03. The molecular weight excluding hydrogens is 322 g/mol. The Bertz CT molecular complexity index is 935. The highest BCUT2D eigenvalue weighted by Gasteiger charge is 2.24. The van der Waals surface area contributed by atoms with Gasteiger partial charge in [-0.2, -0.15) is 9.61 Å². The molecular formula is C21H27N5. The number of hydrogen-bond donors (Lipinski definition) is 2. The summed E-state index contributed by atoms with van der Waals surface area (Å²) in [6.07, 6.45) is 5.50. The highest BCUT2D eigenvalue weighted by Crippen LogP contribution is 2.35. The molecule has 0 saturated heterocycles. The number of anilines is 2. The van der Waals surface area contributed by atoms with Crippen LogP contribution in [0, 0.1) is 6.92 Å². The molecule has 26 heavy (non-hydrogen) atoms. The smallest absolute Gasteiger partial charge is 0.165 e. The fourth-order valence-corrected chi connectivity index (χ4v) is 3.96. The van der Waals surface area contributed by atoms with Gasteiger partial charge in [0.25, 0.3) is 0 Å². The zero-order valence-electron chi connectivity index (χ0n) is 15.8. The minimum absolute atomic E-state index is 0.453. The summed E-state index contributed by atoms with van der Waals surface area (Å²) in [6.45, 7) is 6.52. The van der Waals surface area contributed by atoms with Gasteiger partial charge >= 0.3 is 0 Å². The summed E-state index contributed by atoms with van der Waals surface area (Å²) in [6, 6.07) is 8.45. The van der Waals surface area contributed by atoms with Gasteiger partial charge in [0.1, 0.15) is 5.82 Å². The van der Waals surface area contributed by atoms with Crippen LogP contribution in [0.15, 0.2) is 24.3 Å². The maximum absolute atomic E-state index is 5.87. The summed E-state index contributed by atoms with van der Waals surface area (Å²) in [4.78, 5) is 5.02. The molecule has 5 nitrogen and oxygen atoms in total. The second kappa shape index (κ2) is 6.63. The number of rotatable bonds is 5. The minimum atomic E-state index is 0.453. The maximum atomic E-state index is 5.87. The van der Waals surface area contributed by atoms with Crippen molar-refractivity contribution >= 4 is 17.2 Å². The number of aryl methyl sites for hydroxylation is 2. The van der Waals surface area contributed by atoms with Crippen LogP contribution in [0.3, 0.4) is 0 Å². The number of benzene rings is 1. The third kappa shape index (κ3) is 2.71. The first-order chi connectivity index (χ1) is 12.6. The van der Waals surface area contributed by atoms with Crippen molar-refractivity contribution < 1.29 is 0 Å². The molecule has 1 aliphatic rings. The van der Waals surface area contributed by atoms with Gasteiger partial charge in [0.05, 0.1) is 5.69 Å². The molecule has 1 aromatic carbocycles. The average Bonchev–Trinajstić information content (AvgIpc) is 3.23. The van der Waals surface area contributed by atoms with Gasteiger partial charge in [-0.1, -0.05) is 26.0 Å². The van der Waals surface area contributed by atoms with Crippen LogP contribution in [-0.4, -0.2) is 20.6 Å². The number of nitrogen functional groups attached to an aromatic ring is 1. The highest BCUT2D eigenvalue weighted by molar-refractivity contribution is 5.82. The Morgan fingerprint density at radius 1 is 1.15 bits per heavy atom. The molecule has 2 aromatic heterocycles. The molecule has 2 heterocycles. The van der Waals surface area contributed by atoms with E-state index < -0.39 is 0 Å². The second-order valence-corrected chi connectivity index (χ2v) is 7.21. The molecule has 0 atom stereocenters. The topological polar surface area (TPSA) is 68.2 Å². The molecule has 0 spiro atoms. The van der Waals surface area contributed by atoms with E-state index in [4.69, 9.17) is 15.8 Å². The second-order valence-electron chi connectivity index (χ2n) is 7.21. The summed E-state index contributed by atoms with van der Waals surface area (Å²) in [7, 11) is 0. The lowest BCUT2D eigenvalue weighted by molar-refractivity contribution is 0.661. The van der Waals surface area contributed by atoms with Crippen LogP contribution in [0.4, 0.5) is 11.5 Å². The monoisotopic (exact) mass is 349 g/mol. The van der Waals surface area contributed by atoms with Crippen molar-refractivity contribution in [1.82, 2.24) is 14.6 Å². The van der Waals surface area contributed by atoms with Gasteiger partial charge in [-0.3, -0.25) is 0 Å². The Morgan fingerprint density at radius 2 is 1.88 bits per heavy atom. The van der Waals surface area contributed by atoms with Crippen molar-refractivity contribution in [1.29, 1.82) is 0 Å². The van der Waals surface area contributed by atoms with Gasteiger partial charge in [-0.05, 0) is 56.7 Å². The quantitative estimate of drug-likeness (QED) is 0.671. The van der Waals surface area contributed by atoms with E-state index in [0.717, 1.165) is 59.7 Å². The summed E-state index contributed by atoms with van der Waals surface area (Å²) in [5.41, 5.74) is 13.4. The van der Waals surface area contributed by atoms with E-state index in [9.17, 15) is 0 Å². The largest absolute Gasteiger partial charge is 0.399 e. The van der Waals surface area contributed by atoms with Crippen molar-refractivity contribution in [3.05, 3.63) is 41.2 Å². The minimum Gasteiger partial charge on any atom is -0.399 e. The van der Waals surface area contributed by atoms with Crippen molar-refractivity contribution in [2.24, 2.45) is 0 Å². The van der Waals surface area contributed by atoms with E-state index >= 15 is 0 Å². The van der Waals surface area contributed by atoms with E-state index in [1.54, 1.807) is 0 Å². The lowest BCUT2D eigenvalue weighted by Crippen LogP contribution is -2.21. The number of nitrogens with two attached hydrogens (primary N) is 1. The van der Waals surface area contributed by atoms with Gasteiger partial charge in [0, 0.05) is 28.6 Å². The molecule has 136 valence electrons. The first kappa shape index (κ1) is 16.9. The van der Waals surface area contributed by atoms with Crippen molar-refractivity contribution in [2.45, 2.75) is 58.9 Å². The Morgan fingerprint density at radius 3 is 2.58 bits per heavy atom. The van der Waals surface area contributed by atoms with Crippen molar-refractivity contribution in [3.8, 4) is 11.1 Å². The zero-order valence-corrected chi connectivity index (χ0v) is 15.8. The summed E-state index contributed by atoms with van der Waals surface area (Å²) in [5, 5.41) is 8.63. The fraction of sp³-hybridized carbons (Fsp3) is 0.429. The zero-order chi connectivity index (χ0) is 18.3. The molecule has 5 heteroatoms. The van der Waals surface area contributed by atoms with E-state index in [1.165, 1.54) is 17.7 Å².